The minimum absolute atomic E-state index is 0. The Hall–Kier alpha value is -4.09. The quantitative estimate of drug-likeness (QED) is 0.102. The van der Waals surface area contributed by atoms with Gasteiger partial charge in [-0.2, -0.15) is 13.3 Å². The van der Waals surface area contributed by atoms with Gasteiger partial charge < -0.3 is 44.9 Å². The molecule has 0 unspecified atom stereocenters. The Balaban J connectivity index is 0.00000406. The van der Waals surface area contributed by atoms with Crippen LogP contribution < -0.4 is 9.80 Å². The Morgan fingerprint density at radius 3 is 1.43 bits per heavy atom. The summed E-state index contributed by atoms with van der Waals surface area (Å²) < 4.78 is 0. The molecule has 0 radical (unpaired) electrons. The van der Waals surface area contributed by atoms with Crippen LogP contribution in [0.4, 0.5) is 11.4 Å². The van der Waals surface area contributed by atoms with E-state index in [4.69, 9.17) is 25.3 Å². The Kier molecular flexibility index (Phi) is 10.6. The van der Waals surface area contributed by atoms with E-state index < -0.39 is 11.1 Å². The molecule has 0 spiro atoms. The summed E-state index contributed by atoms with van der Waals surface area (Å²) >= 11 is 12.3. The maximum Gasteiger partial charge on any atom is 4.00 e. The average Bonchev–Trinajstić information content (AvgIpc) is 3.61. The maximum atomic E-state index is 6.14. The molecule has 0 bridgehead atoms. The summed E-state index contributed by atoms with van der Waals surface area (Å²) in [5.41, 5.74) is 8.17. The fraction of sp³-hybridized carbons (Fsp3) is 0.136. The molecule has 0 saturated carbocycles. The summed E-state index contributed by atoms with van der Waals surface area (Å²) in [4.78, 5) is 9.58. The predicted octanol–water partition coefficient (Wildman–Crippen LogP) is 8.83. The van der Waals surface area contributed by atoms with Crippen LogP contribution in [0.3, 0.4) is 0 Å². The summed E-state index contributed by atoms with van der Waals surface area (Å²) in [6, 6.07) is 51.5. The molecule has 1 aliphatic carbocycles. The van der Waals surface area contributed by atoms with Crippen molar-refractivity contribution in [1.82, 2.24) is 9.80 Å². The zero-order valence-corrected chi connectivity index (χ0v) is 32.0. The van der Waals surface area contributed by atoms with E-state index in [9.17, 15) is 0 Å². The number of anilines is 2. The number of hydrogen-bond donors (Lipinski definition) is 0. The van der Waals surface area contributed by atoms with Gasteiger partial charge in [0.2, 0.25) is 0 Å². The summed E-state index contributed by atoms with van der Waals surface area (Å²) in [6.45, 7) is 5.15. The molecule has 51 heavy (non-hydrogen) atoms. The molecular weight excluding hydrogens is 844 g/mol. The first kappa shape index (κ1) is 35.3. The fourth-order valence-electron chi connectivity index (χ4n) is 7.78. The monoisotopic (exact) mass is 881 g/mol. The van der Waals surface area contributed by atoms with Crippen LogP contribution in [0, 0.1) is 13.3 Å². The van der Waals surface area contributed by atoms with Crippen molar-refractivity contribution >= 4 is 36.6 Å². The summed E-state index contributed by atoms with van der Waals surface area (Å²) in [6.07, 6.45) is 9.56. The van der Waals surface area contributed by atoms with Gasteiger partial charge in [0.15, 0.2) is 0 Å². The third-order valence-electron chi connectivity index (χ3n) is 10.2. The second-order valence-corrected chi connectivity index (χ2v) is 13.4. The Bertz CT molecular complexity index is 1940. The van der Waals surface area contributed by atoms with E-state index in [0.29, 0.717) is 18.2 Å². The van der Waals surface area contributed by atoms with Crippen LogP contribution in [-0.4, -0.2) is 28.0 Å². The number of hydrogen-bond acceptors (Lipinski definition) is 6. The van der Waals surface area contributed by atoms with Gasteiger partial charge >= 0.3 is 21.1 Å². The van der Waals surface area contributed by atoms with Gasteiger partial charge in [0.1, 0.15) is 0 Å². The van der Waals surface area contributed by atoms with E-state index in [1.165, 1.54) is 22.5 Å². The second-order valence-electron chi connectivity index (χ2n) is 12.8. The molecule has 2 heterocycles. The molecule has 0 aromatic heterocycles. The van der Waals surface area contributed by atoms with Gasteiger partial charge in [-0.15, -0.1) is 11.5 Å². The predicted molar refractivity (Wildman–Crippen MR) is 210 cm³/mol. The normalized spacial score (nSPS) is 15.5. The molecule has 8 rings (SSSR count). The van der Waals surface area contributed by atoms with Gasteiger partial charge in [-0.3, -0.25) is 0 Å². The average molecular weight is 882 g/mol. The maximum absolute atomic E-state index is 6.14. The Morgan fingerprint density at radius 2 is 0.941 bits per heavy atom. The van der Waals surface area contributed by atoms with Gasteiger partial charge in [-0.25, -0.2) is 0 Å². The zero-order chi connectivity index (χ0) is 34.0. The standard InChI is InChI=1S/C44H40N4S2.Pt/c49-30-43(35-18-6-1-7-19-35,36-20-8-2-9-21-36)47-33-45(39-26-14-5-15-28-41(39)47)32-46-34-48(42-29-17-16-27-40(42)46)44(31-50,37-22-10-3-11-23-37)38-24-12-4-13-25-38;/h1-27,29,33-34,49-50H,28,30-32H2;/q-2;+4/p-2. The van der Waals surface area contributed by atoms with Gasteiger partial charge in [-0.05, 0) is 40.5 Å². The summed E-state index contributed by atoms with van der Waals surface area (Å²) in [5, 5.41) is 0. The number of benzene rings is 5. The molecule has 5 aromatic rings. The molecule has 0 amide bonds. The minimum Gasteiger partial charge on any atom is -0.790 e. The zero-order valence-electron chi connectivity index (χ0n) is 28.1. The van der Waals surface area contributed by atoms with Crippen molar-refractivity contribution in [3.05, 3.63) is 217 Å². The number of para-hydroxylation sites is 2. The van der Waals surface area contributed by atoms with Gasteiger partial charge in [0.25, 0.3) is 0 Å². The van der Waals surface area contributed by atoms with E-state index in [-0.39, 0.29) is 21.1 Å². The molecule has 2 aliphatic heterocycles. The molecule has 4 nitrogen and oxygen atoms in total. The molecule has 0 N–H and O–H groups in total. The summed E-state index contributed by atoms with van der Waals surface area (Å²) in [5.74, 6) is 0.958. The first-order chi connectivity index (χ1) is 24.7. The SMILES string of the molecule is [Pt+4].[S-]CC(c1ccccc1)(c1ccccc1)N1[CH-]N(CN2[CH-]N(C(C[S-])(c3ccccc3)c3ccccc3)c3ccccc32)C2=C1CC=CC=C2. The van der Waals surface area contributed by atoms with E-state index in [0.717, 1.165) is 28.9 Å². The second kappa shape index (κ2) is 15.3. The van der Waals surface area contributed by atoms with Crippen molar-refractivity contribution < 1.29 is 21.1 Å². The van der Waals surface area contributed by atoms with Gasteiger partial charge in [-0.1, -0.05) is 152 Å². The first-order valence-corrected chi connectivity index (χ1v) is 18.2. The van der Waals surface area contributed by atoms with Gasteiger partial charge in [0.05, 0.1) is 0 Å². The van der Waals surface area contributed by atoms with E-state index in [2.05, 4.69) is 203 Å². The number of fused-ring (bicyclic) bond motifs is 1. The Labute approximate surface area is 327 Å². The van der Waals surface area contributed by atoms with Crippen molar-refractivity contribution in [2.45, 2.75) is 17.5 Å². The topological polar surface area (TPSA) is 13.0 Å². The van der Waals surface area contributed by atoms with Crippen LogP contribution in [0.1, 0.15) is 28.7 Å². The minimum atomic E-state index is -0.585. The Morgan fingerprint density at radius 1 is 0.510 bits per heavy atom. The summed E-state index contributed by atoms with van der Waals surface area (Å²) in [7, 11) is 0. The van der Waals surface area contributed by atoms with E-state index in [1.54, 1.807) is 0 Å². The molecule has 0 saturated heterocycles. The van der Waals surface area contributed by atoms with Crippen LogP contribution in [0.5, 0.6) is 0 Å². The number of nitrogens with zero attached hydrogens (tertiary/aromatic N) is 4. The molecule has 3 aliphatic rings. The molecule has 5 aromatic carbocycles. The van der Waals surface area contributed by atoms with Crippen molar-refractivity contribution in [2.24, 2.45) is 0 Å². The fourth-order valence-corrected chi connectivity index (χ4v) is 8.72. The third-order valence-corrected chi connectivity index (χ3v) is 11.1. The van der Waals surface area contributed by atoms with Crippen molar-refractivity contribution in [1.29, 1.82) is 0 Å². The molecule has 256 valence electrons. The molecular formula is C44H38N4PtS2. The van der Waals surface area contributed by atoms with Crippen molar-refractivity contribution in [3.8, 4) is 0 Å². The van der Waals surface area contributed by atoms with Gasteiger partial charge in [0, 0.05) is 46.9 Å². The van der Waals surface area contributed by atoms with Crippen LogP contribution in [-0.2, 0) is 57.4 Å². The number of rotatable bonds is 10. The van der Waals surface area contributed by atoms with E-state index >= 15 is 0 Å². The van der Waals surface area contributed by atoms with Crippen LogP contribution in [0.25, 0.3) is 0 Å². The molecule has 7 heteroatoms. The number of allylic oxidation sites excluding steroid dienone is 4. The van der Waals surface area contributed by atoms with Crippen LogP contribution in [0.2, 0.25) is 0 Å². The van der Waals surface area contributed by atoms with Crippen LogP contribution >= 0.6 is 0 Å². The molecule has 0 atom stereocenters. The van der Waals surface area contributed by atoms with Crippen LogP contribution in [0.15, 0.2) is 181 Å². The molecule has 0 fully saturated rings. The van der Waals surface area contributed by atoms with Crippen molar-refractivity contribution in [3.63, 3.8) is 0 Å². The largest absolute Gasteiger partial charge is 4.00 e. The van der Waals surface area contributed by atoms with Crippen molar-refractivity contribution in [2.75, 3.05) is 28.0 Å². The third kappa shape index (κ3) is 6.05. The van der Waals surface area contributed by atoms with E-state index in [1.807, 2.05) is 0 Å². The smallest absolute Gasteiger partial charge is 0.790 e. The first-order valence-electron chi connectivity index (χ1n) is 17.1.